The first-order valence-corrected chi connectivity index (χ1v) is 15.4. The van der Waals surface area contributed by atoms with Gasteiger partial charge in [0.2, 0.25) is 16.0 Å². The van der Waals surface area contributed by atoms with E-state index in [4.69, 9.17) is 11.6 Å². The average molecular weight is 632 g/mol. The molecule has 5 rings (SSSR count). The Balaban J connectivity index is 1.37. The molecule has 0 bridgehead atoms. The molecule has 228 valence electrons. The third-order valence-corrected chi connectivity index (χ3v) is 9.01. The number of anilines is 1. The minimum Gasteiger partial charge on any atom is -0.389 e. The van der Waals surface area contributed by atoms with Crippen LogP contribution in [-0.2, 0) is 22.7 Å². The fourth-order valence-corrected chi connectivity index (χ4v) is 6.38. The maximum atomic E-state index is 14.8. The Kier molecular flexibility index (Phi) is 8.26. The molecule has 1 unspecified atom stereocenters. The number of alkyl halides is 4. The highest BCUT2D eigenvalue weighted by atomic mass is 35.5. The predicted molar refractivity (Wildman–Crippen MR) is 148 cm³/mol. The van der Waals surface area contributed by atoms with Gasteiger partial charge in [0.1, 0.15) is 29.5 Å². The summed E-state index contributed by atoms with van der Waals surface area (Å²) < 4.78 is 82.4. The van der Waals surface area contributed by atoms with Crippen molar-refractivity contribution < 1.29 is 31.1 Å². The van der Waals surface area contributed by atoms with Crippen LogP contribution < -0.4 is 5.32 Å². The smallest absolute Gasteiger partial charge is 0.389 e. The van der Waals surface area contributed by atoms with Crippen LogP contribution in [0.4, 0.5) is 23.5 Å². The number of imidazole rings is 1. The molecule has 16 heteroatoms. The Morgan fingerprint density at radius 3 is 2.62 bits per heavy atom. The lowest BCUT2D eigenvalue weighted by Crippen LogP contribution is -2.49. The normalized spacial score (nSPS) is 24.3. The zero-order valence-corrected chi connectivity index (χ0v) is 24.4. The zero-order chi connectivity index (χ0) is 30.4. The molecule has 4 heterocycles. The number of halogens is 5. The van der Waals surface area contributed by atoms with E-state index in [1.807, 2.05) is 6.07 Å². The van der Waals surface area contributed by atoms with Gasteiger partial charge in [0.05, 0.1) is 28.6 Å². The highest BCUT2D eigenvalue weighted by Gasteiger charge is 2.38. The Hall–Kier alpha value is -2.85. The molecule has 1 aromatic carbocycles. The molecule has 2 aromatic heterocycles. The number of β-amino-alcohol motifs (C(OH)–C–C–N with tert-alkyl or cyclic N) is 1. The first-order valence-electron chi connectivity index (χ1n) is 13.2. The number of rotatable bonds is 7. The van der Waals surface area contributed by atoms with Crippen LogP contribution in [0.5, 0.6) is 0 Å². The predicted octanol–water partition coefficient (Wildman–Crippen LogP) is 3.74. The molecule has 42 heavy (non-hydrogen) atoms. The van der Waals surface area contributed by atoms with Gasteiger partial charge in [0, 0.05) is 45.1 Å². The average Bonchev–Trinajstić information content (AvgIpc) is 3.50. The van der Waals surface area contributed by atoms with E-state index >= 15 is 0 Å². The molecule has 2 aliphatic rings. The van der Waals surface area contributed by atoms with Crippen molar-refractivity contribution in [2.45, 2.75) is 50.3 Å². The lowest BCUT2D eigenvalue weighted by molar-refractivity contribution is -0.137. The molecule has 0 aliphatic carbocycles. The number of piperidine rings is 1. The number of likely N-dealkylation sites (tertiary alicyclic amines) is 1. The number of hydrogen-bond acceptors (Lipinski definition) is 8. The van der Waals surface area contributed by atoms with E-state index in [1.165, 1.54) is 17.1 Å². The summed E-state index contributed by atoms with van der Waals surface area (Å²) in [4.78, 5) is 14.0. The van der Waals surface area contributed by atoms with Gasteiger partial charge in [-0.15, -0.1) is 0 Å². The number of aliphatic hydroxyl groups is 1. The molecular formula is C26H30ClF4N7O3S. The summed E-state index contributed by atoms with van der Waals surface area (Å²) in [6.45, 7) is 3.34. The minimum absolute atomic E-state index is 0.0488. The van der Waals surface area contributed by atoms with Gasteiger partial charge in [-0.3, -0.25) is 4.90 Å². The van der Waals surface area contributed by atoms with Crippen molar-refractivity contribution in [3.05, 3.63) is 53.1 Å². The Morgan fingerprint density at radius 1 is 1.24 bits per heavy atom. The molecule has 2 fully saturated rings. The maximum Gasteiger partial charge on any atom is 0.420 e. The Labute approximate surface area is 245 Å². The molecule has 2 aliphatic heterocycles. The molecule has 0 radical (unpaired) electrons. The summed E-state index contributed by atoms with van der Waals surface area (Å²) in [5.74, 6) is -0.240. The van der Waals surface area contributed by atoms with Crippen molar-refractivity contribution in [3.8, 4) is 17.1 Å². The Bertz CT molecular complexity index is 1570. The van der Waals surface area contributed by atoms with Gasteiger partial charge >= 0.3 is 6.18 Å². The summed E-state index contributed by atoms with van der Waals surface area (Å²) >= 11 is 6.54. The lowest BCUT2D eigenvalue weighted by Gasteiger charge is -2.33. The zero-order valence-electron chi connectivity index (χ0n) is 22.8. The van der Waals surface area contributed by atoms with Crippen LogP contribution in [0.2, 0.25) is 5.02 Å². The number of nitrogens with zero attached hydrogens (tertiary/aromatic N) is 6. The van der Waals surface area contributed by atoms with Gasteiger partial charge in [-0.05, 0) is 37.5 Å². The highest BCUT2D eigenvalue weighted by Crippen LogP contribution is 2.36. The van der Waals surface area contributed by atoms with Gasteiger partial charge in [-0.2, -0.15) is 17.5 Å². The summed E-state index contributed by atoms with van der Waals surface area (Å²) in [6.07, 6.45) is -1.38. The van der Waals surface area contributed by atoms with Gasteiger partial charge in [0.15, 0.2) is 0 Å². The van der Waals surface area contributed by atoms with Gasteiger partial charge < -0.3 is 15.0 Å². The molecule has 10 nitrogen and oxygen atoms in total. The van der Waals surface area contributed by atoms with Crippen molar-refractivity contribution >= 4 is 27.6 Å². The first kappa shape index (κ1) is 30.6. The first-order chi connectivity index (χ1) is 19.6. The molecule has 3 aromatic rings. The molecular weight excluding hydrogens is 602 g/mol. The van der Waals surface area contributed by atoms with Gasteiger partial charge in [-0.25, -0.2) is 27.8 Å². The summed E-state index contributed by atoms with van der Waals surface area (Å²) in [5, 5.41) is 13.3. The van der Waals surface area contributed by atoms with E-state index in [-0.39, 0.29) is 31.2 Å². The molecule has 2 saturated heterocycles. The van der Waals surface area contributed by atoms with E-state index in [1.54, 1.807) is 19.1 Å². The topological polar surface area (TPSA) is 116 Å². The number of hydrogen-bond donors (Lipinski definition) is 2. The van der Waals surface area contributed by atoms with E-state index in [9.17, 15) is 31.1 Å². The van der Waals surface area contributed by atoms with Crippen LogP contribution in [0.3, 0.4) is 0 Å². The minimum atomic E-state index is -4.79. The van der Waals surface area contributed by atoms with Crippen molar-refractivity contribution in [1.29, 1.82) is 0 Å². The van der Waals surface area contributed by atoms with Crippen LogP contribution in [0, 0.1) is 0 Å². The second kappa shape index (κ2) is 11.3. The van der Waals surface area contributed by atoms with Crippen molar-refractivity contribution in [2.24, 2.45) is 0 Å². The third kappa shape index (κ3) is 6.86. The summed E-state index contributed by atoms with van der Waals surface area (Å²) in [5.41, 5.74) is -1.04. The van der Waals surface area contributed by atoms with Crippen molar-refractivity contribution in [3.63, 3.8) is 0 Å². The Morgan fingerprint density at radius 2 is 2.00 bits per heavy atom. The van der Waals surface area contributed by atoms with Gasteiger partial charge in [-0.1, -0.05) is 17.7 Å². The fourth-order valence-electron chi connectivity index (χ4n) is 5.23. The lowest BCUT2D eigenvalue weighted by atomic mass is 10.1. The second-order valence-corrected chi connectivity index (χ2v) is 13.4. The van der Waals surface area contributed by atoms with Crippen LogP contribution in [-0.4, -0.2) is 92.5 Å². The van der Waals surface area contributed by atoms with Gasteiger partial charge in [0.25, 0.3) is 0 Å². The van der Waals surface area contributed by atoms with Crippen LogP contribution in [0.15, 0.2) is 36.9 Å². The molecule has 0 amide bonds. The fraction of sp³-hybridized carbons (Fsp3) is 0.500. The quantitative estimate of drug-likeness (QED) is 0.379. The number of nitrogens with one attached hydrogen (secondary N) is 1. The number of sulfonamides is 1. The van der Waals surface area contributed by atoms with E-state index < -0.39 is 45.3 Å². The second-order valence-electron chi connectivity index (χ2n) is 11.0. The largest absolute Gasteiger partial charge is 0.420 e. The third-order valence-electron chi connectivity index (χ3n) is 7.43. The van der Waals surface area contributed by atoms with Crippen LogP contribution >= 0.6 is 11.6 Å². The molecule has 0 spiro atoms. The molecule has 2 N–H and O–H groups in total. The maximum absolute atomic E-state index is 14.8. The highest BCUT2D eigenvalue weighted by molar-refractivity contribution is 7.88. The summed E-state index contributed by atoms with van der Waals surface area (Å²) in [7, 11) is -3.58. The molecule has 0 saturated carbocycles. The van der Waals surface area contributed by atoms with E-state index in [0.29, 0.717) is 36.4 Å². The standard InChI is InChI=1S/C26H30ClF4N7O3S/c1-25(39)6-8-36(14-25)11-16-3-4-22(18(27)9-16)37-13-21(33-15-37)23-17(26(29,30)31)10-32-24(35-23)34-20-5-7-38(12-19(20)28)42(2,40)41/h3-4,9-10,13,15,19-20,39H,5-8,11-12,14H2,1-2H3,(H,32,34,35)/t19?,20-,25+/m0/s1. The number of aromatic nitrogens is 4. The summed E-state index contributed by atoms with van der Waals surface area (Å²) in [6, 6.07) is 4.46. The van der Waals surface area contributed by atoms with E-state index in [2.05, 4.69) is 25.2 Å². The van der Waals surface area contributed by atoms with Crippen molar-refractivity contribution in [1.82, 2.24) is 28.7 Å². The molecule has 3 atom stereocenters. The van der Waals surface area contributed by atoms with Crippen LogP contribution in [0.25, 0.3) is 17.1 Å². The number of benzene rings is 1. The van der Waals surface area contributed by atoms with E-state index in [0.717, 1.165) is 22.7 Å². The monoisotopic (exact) mass is 631 g/mol. The van der Waals surface area contributed by atoms with Crippen molar-refractivity contribution in [2.75, 3.05) is 37.8 Å². The SMILES string of the molecule is C[C@@]1(O)CCN(Cc2ccc(-n3cnc(-c4nc(N[C@H]5CCN(S(C)(=O)=O)CC5F)ncc4C(F)(F)F)c3)c(Cl)c2)C1. The van der Waals surface area contributed by atoms with Crippen LogP contribution in [0.1, 0.15) is 30.9 Å².